The molecule has 1 aromatic carbocycles. The van der Waals surface area contributed by atoms with E-state index in [2.05, 4.69) is 4.98 Å². The smallest absolute Gasteiger partial charge is 0.278 e. The summed E-state index contributed by atoms with van der Waals surface area (Å²) in [7, 11) is 0. The number of aromatic nitrogens is 1. The van der Waals surface area contributed by atoms with Gasteiger partial charge in [0.25, 0.3) is 5.69 Å². The van der Waals surface area contributed by atoms with Crippen LogP contribution in [-0.4, -0.2) is 9.91 Å². The summed E-state index contributed by atoms with van der Waals surface area (Å²) in [4.78, 5) is 13.4. The largest absolute Gasteiger partial charge is 0.361 e. The van der Waals surface area contributed by atoms with Crippen molar-refractivity contribution in [3.8, 4) is 0 Å². The van der Waals surface area contributed by atoms with E-state index in [0.717, 1.165) is 17.5 Å². The highest BCUT2D eigenvalue weighted by Crippen LogP contribution is 2.27. The lowest BCUT2D eigenvalue weighted by molar-refractivity contribution is -0.383. The molecule has 1 aromatic heterocycles. The lowest BCUT2D eigenvalue weighted by atomic mass is 10.1. The van der Waals surface area contributed by atoms with Gasteiger partial charge >= 0.3 is 0 Å². The molecule has 0 atom stereocenters. The molecule has 0 fully saturated rings. The van der Waals surface area contributed by atoms with Gasteiger partial charge in [-0.25, -0.2) is 0 Å². The lowest BCUT2D eigenvalue weighted by Gasteiger charge is -1.99. The molecule has 72 valence electrons. The summed E-state index contributed by atoms with van der Waals surface area (Å²) in [5.41, 5.74) is 2.15. The van der Waals surface area contributed by atoms with Gasteiger partial charge in [0.1, 0.15) is 0 Å². The van der Waals surface area contributed by atoms with Crippen LogP contribution < -0.4 is 0 Å². The number of H-pyrrole nitrogens is 1. The first kappa shape index (κ1) is 8.74. The molecule has 0 aliphatic heterocycles. The quantitative estimate of drug-likeness (QED) is 0.584. The maximum Gasteiger partial charge on any atom is 0.278 e. The zero-order valence-electron chi connectivity index (χ0n) is 7.78. The van der Waals surface area contributed by atoms with Gasteiger partial charge in [0.15, 0.2) is 0 Å². The Bertz CT molecular complexity index is 488. The highest BCUT2D eigenvalue weighted by molar-refractivity contribution is 5.90. The van der Waals surface area contributed by atoms with Crippen LogP contribution in [0.25, 0.3) is 10.9 Å². The van der Waals surface area contributed by atoms with Crippen LogP contribution in [0.1, 0.15) is 12.5 Å². The molecule has 0 aliphatic rings. The Hall–Kier alpha value is -1.84. The fraction of sp³-hybridized carbons (Fsp3) is 0.200. The number of rotatable bonds is 2. The fourth-order valence-corrected chi connectivity index (χ4v) is 1.66. The molecule has 1 heterocycles. The van der Waals surface area contributed by atoms with Crippen LogP contribution in [0.2, 0.25) is 0 Å². The standard InChI is InChI=1S/C10H10N2O2/c1-2-7-3-4-9(12(13)14)8-5-6-11-10(7)8/h3-6,11H,2H2,1H3. The second kappa shape index (κ2) is 3.14. The minimum absolute atomic E-state index is 0.165. The minimum Gasteiger partial charge on any atom is -0.361 e. The Morgan fingerprint density at radius 1 is 1.43 bits per heavy atom. The zero-order valence-corrected chi connectivity index (χ0v) is 7.78. The third kappa shape index (κ3) is 1.16. The average Bonchev–Trinajstić information content (AvgIpc) is 2.64. The molecule has 0 unspecified atom stereocenters. The summed E-state index contributed by atoms with van der Waals surface area (Å²) >= 11 is 0. The molecule has 0 saturated heterocycles. The van der Waals surface area contributed by atoms with Crippen LogP contribution in [0.5, 0.6) is 0 Å². The van der Waals surface area contributed by atoms with E-state index >= 15 is 0 Å². The van der Waals surface area contributed by atoms with Gasteiger partial charge in [0.2, 0.25) is 0 Å². The molecule has 0 amide bonds. The van der Waals surface area contributed by atoms with Crippen molar-refractivity contribution in [2.45, 2.75) is 13.3 Å². The summed E-state index contributed by atoms with van der Waals surface area (Å²) in [5.74, 6) is 0. The highest BCUT2D eigenvalue weighted by Gasteiger charge is 2.13. The van der Waals surface area contributed by atoms with Crippen LogP contribution in [-0.2, 0) is 6.42 Å². The van der Waals surface area contributed by atoms with Gasteiger partial charge in [-0.1, -0.05) is 13.0 Å². The number of non-ortho nitro benzene ring substituents is 1. The Labute approximate surface area is 80.7 Å². The monoisotopic (exact) mass is 190 g/mol. The number of nitro benzene ring substituents is 1. The summed E-state index contributed by atoms with van der Waals surface area (Å²) < 4.78 is 0. The number of aromatic amines is 1. The molecule has 0 bridgehead atoms. The van der Waals surface area contributed by atoms with Crippen molar-refractivity contribution in [1.29, 1.82) is 0 Å². The van der Waals surface area contributed by atoms with Crippen LogP contribution in [0.15, 0.2) is 24.4 Å². The maximum absolute atomic E-state index is 10.7. The van der Waals surface area contributed by atoms with Gasteiger partial charge in [0, 0.05) is 12.3 Å². The first-order chi connectivity index (χ1) is 6.74. The summed E-state index contributed by atoms with van der Waals surface area (Å²) in [6, 6.07) is 5.11. The molecule has 0 aliphatic carbocycles. The first-order valence-corrected chi connectivity index (χ1v) is 4.47. The third-order valence-corrected chi connectivity index (χ3v) is 2.36. The van der Waals surface area contributed by atoms with Crippen LogP contribution in [0.3, 0.4) is 0 Å². The Balaban J connectivity index is 2.78. The molecule has 2 aromatic rings. The molecule has 0 radical (unpaired) electrons. The van der Waals surface area contributed by atoms with E-state index in [4.69, 9.17) is 0 Å². The molecule has 4 heteroatoms. The number of nitrogens with one attached hydrogen (secondary N) is 1. The van der Waals surface area contributed by atoms with Gasteiger partial charge in [-0.05, 0) is 18.1 Å². The van der Waals surface area contributed by atoms with E-state index < -0.39 is 0 Å². The molecule has 2 rings (SSSR count). The molecular formula is C10H10N2O2. The van der Waals surface area contributed by atoms with E-state index in [-0.39, 0.29) is 10.6 Å². The van der Waals surface area contributed by atoms with Crippen molar-refractivity contribution in [1.82, 2.24) is 4.98 Å². The molecule has 0 spiro atoms. The van der Waals surface area contributed by atoms with Crippen molar-refractivity contribution < 1.29 is 4.92 Å². The van der Waals surface area contributed by atoms with Crippen LogP contribution in [0.4, 0.5) is 5.69 Å². The van der Waals surface area contributed by atoms with Crippen LogP contribution >= 0.6 is 0 Å². The van der Waals surface area contributed by atoms with Crippen molar-refractivity contribution in [3.63, 3.8) is 0 Å². The topological polar surface area (TPSA) is 58.9 Å². The molecule has 14 heavy (non-hydrogen) atoms. The van der Waals surface area contributed by atoms with Crippen molar-refractivity contribution in [2.75, 3.05) is 0 Å². The minimum atomic E-state index is -0.352. The Kier molecular flexibility index (Phi) is 1.96. The van der Waals surface area contributed by atoms with E-state index in [1.807, 2.05) is 6.92 Å². The fourth-order valence-electron chi connectivity index (χ4n) is 1.66. The average molecular weight is 190 g/mol. The SMILES string of the molecule is CCc1ccc([N+](=O)[O-])c2cc[nH]c12. The second-order valence-corrected chi connectivity index (χ2v) is 3.12. The number of hydrogen-bond acceptors (Lipinski definition) is 2. The summed E-state index contributed by atoms with van der Waals surface area (Å²) in [6.45, 7) is 2.03. The highest BCUT2D eigenvalue weighted by atomic mass is 16.6. The number of fused-ring (bicyclic) bond motifs is 1. The number of nitro groups is 1. The van der Waals surface area contributed by atoms with E-state index in [0.29, 0.717) is 5.39 Å². The maximum atomic E-state index is 10.7. The van der Waals surface area contributed by atoms with Gasteiger partial charge in [0.05, 0.1) is 15.8 Å². The van der Waals surface area contributed by atoms with E-state index in [1.165, 1.54) is 0 Å². The molecule has 4 nitrogen and oxygen atoms in total. The summed E-state index contributed by atoms with van der Waals surface area (Å²) in [5, 5.41) is 11.4. The normalized spacial score (nSPS) is 10.6. The second-order valence-electron chi connectivity index (χ2n) is 3.12. The van der Waals surface area contributed by atoms with E-state index in [1.54, 1.807) is 24.4 Å². The number of aryl methyl sites for hydroxylation is 1. The molecular weight excluding hydrogens is 180 g/mol. The summed E-state index contributed by atoms with van der Waals surface area (Å²) in [6.07, 6.45) is 2.60. The Morgan fingerprint density at radius 2 is 2.21 bits per heavy atom. The Morgan fingerprint density at radius 3 is 2.86 bits per heavy atom. The van der Waals surface area contributed by atoms with Crippen molar-refractivity contribution in [3.05, 3.63) is 40.1 Å². The number of hydrogen-bond donors (Lipinski definition) is 1. The third-order valence-electron chi connectivity index (χ3n) is 2.36. The van der Waals surface area contributed by atoms with Gasteiger partial charge < -0.3 is 4.98 Å². The van der Waals surface area contributed by atoms with Gasteiger partial charge in [-0.2, -0.15) is 0 Å². The molecule has 1 N–H and O–H groups in total. The van der Waals surface area contributed by atoms with Gasteiger partial charge in [-0.15, -0.1) is 0 Å². The van der Waals surface area contributed by atoms with E-state index in [9.17, 15) is 10.1 Å². The number of benzene rings is 1. The predicted molar refractivity (Wildman–Crippen MR) is 54.3 cm³/mol. The lowest BCUT2D eigenvalue weighted by Crippen LogP contribution is -1.90. The predicted octanol–water partition coefficient (Wildman–Crippen LogP) is 2.64. The van der Waals surface area contributed by atoms with Crippen molar-refractivity contribution in [2.24, 2.45) is 0 Å². The van der Waals surface area contributed by atoms with Crippen molar-refractivity contribution >= 4 is 16.6 Å². The van der Waals surface area contributed by atoms with Crippen LogP contribution in [0, 0.1) is 10.1 Å². The zero-order chi connectivity index (χ0) is 10.1. The first-order valence-electron chi connectivity index (χ1n) is 4.47. The van der Waals surface area contributed by atoms with Gasteiger partial charge in [-0.3, -0.25) is 10.1 Å². The molecule has 0 saturated carbocycles. The number of nitrogens with zero attached hydrogens (tertiary/aromatic N) is 1.